The number of rotatable bonds is 5. The molecule has 0 spiro atoms. The fourth-order valence-corrected chi connectivity index (χ4v) is 6.13. The molecule has 3 heterocycles. The predicted octanol–water partition coefficient (Wildman–Crippen LogP) is 0.289. The second-order valence-corrected chi connectivity index (χ2v) is 9.82. The summed E-state index contributed by atoms with van der Waals surface area (Å²) in [6.45, 7) is 4.17. The second kappa shape index (κ2) is 7.75. The molecule has 1 aliphatic carbocycles. The van der Waals surface area contributed by atoms with Crippen molar-refractivity contribution in [2.24, 2.45) is 0 Å². The van der Waals surface area contributed by atoms with E-state index in [9.17, 15) is 22.8 Å². The van der Waals surface area contributed by atoms with E-state index in [1.165, 1.54) is 4.31 Å². The Labute approximate surface area is 174 Å². The second-order valence-electron chi connectivity index (χ2n) is 7.95. The number of hydrogen-bond acceptors (Lipinski definition) is 8. The standard InChI is InChI=1S/C18H25N5O6S/c1-12-15(13(2)29-19-12)30(27,28)21-9-7-20(8-10-21)11-22-16(24)17(25)23(18(22)26)14-5-3-4-6-14/h14H,3-11H2,1-2H3. The fraction of sp³-hybridized carbons (Fsp3) is 0.667. The van der Waals surface area contributed by atoms with Gasteiger partial charge in [0.05, 0.1) is 6.67 Å². The highest BCUT2D eigenvalue weighted by atomic mass is 32.2. The zero-order valence-electron chi connectivity index (χ0n) is 17.0. The Hall–Kier alpha value is -2.31. The first kappa shape index (κ1) is 20.9. The zero-order chi connectivity index (χ0) is 21.6. The number of hydrogen-bond donors (Lipinski definition) is 0. The molecule has 1 aromatic heterocycles. The number of piperazine rings is 1. The third-order valence-corrected chi connectivity index (χ3v) is 8.16. The van der Waals surface area contributed by atoms with E-state index in [0.717, 1.165) is 35.5 Å². The maximum absolute atomic E-state index is 12.9. The smallest absolute Gasteiger partial charge is 0.335 e. The molecule has 3 fully saturated rings. The molecule has 11 nitrogen and oxygen atoms in total. The van der Waals surface area contributed by atoms with Gasteiger partial charge >= 0.3 is 17.8 Å². The van der Waals surface area contributed by atoms with Gasteiger partial charge in [0.1, 0.15) is 10.6 Å². The highest BCUT2D eigenvalue weighted by Crippen LogP contribution is 2.28. The number of aryl methyl sites for hydroxylation is 2. The van der Waals surface area contributed by atoms with Gasteiger partial charge in [-0.05, 0) is 26.7 Å². The van der Waals surface area contributed by atoms with Crippen LogP contribution in [0.2, 0.25) is 0 Å². The Bertz CT molecular complexity index is 956. The van der Waals surface area contributed by atoms with Crippen molar-refractivity contribution in [3.05, 3.63) is 11.5 Å². The molecule has 4 rings (SSSR count). The van der Waals surface area contributed by atoms with E-state index >= 15 is 0 Å². The zero-order valence-corrected chi connectivity index (χ0v) is 17.9. The van der Waals surface area contributed by atoms with Crippen LogP contribution in [-0.2, 0) is 19.6 Å². The van der Waals surface area contributed by atoms with Gasteiger partial charge in [0.2, 0.25) is 10.0 Å². The monoisotopic (exact) mass is 439 g/mol. The molecule has 3 aliphatic rings. The lowest BCUT2D eigenvalue weighted by molar-refractivity contribution is -0.144. The van der Waals surface area contributed by atoms with Crippen molar-refractivity contribution >= 4 is 27.9 Å². The van der Waals surface area contributed by atoms with E-state index in [1.807, 2.05) is 0 Å². The van der Waals surface area contributed by atoms with Crippen LogP contribution in [0.25, 0.3) is 0 Å². The van der Waals surface area contributed by atoms with Crippen molar-refractivity contribution in [2.45, 2.75) is 50.5 Å². The highest BCUT2D eigenvalue weighted by molar-refractivity contribution is 7.89. The molecule has 30 heavy (non-hydrogen) atoms. The molecular formula is C18H25N5O6S. The normalized spacial score (nSPS) is 22.7. The van der Waals surface area contributed by atoms with Crippen LogP contribution in [0.15, 0.2) is 9.42 Å². The van der Waals surface area contributed by atoms with Gasteiger partial charge in [-0.1, -0.05) is 18.0 Å². The van der Waals surface area contributed by atoms with E-state index in [4.69, 9.17) is 4.52 Å². The molecule has 0 radical (unpaired) electrons. The van der Waals surface area contributed by atoms with Crippen molar-refractivity contribution in [1.82, 2.24) is 24.2 Å². The molecule has 12 heteroatoms. The summed E-state index contributed by atoms with van der Waals surface area (Å²) in [6.07, 6.45) is 3.35. The van der Waals surface area contributed by atoms with E-state index in [1.54, 1.807) is 18.7 Å². The summed E-state index contributed by atoms with van der Waals surface area (Å²) in [7, 11) is -3.74. The van der Waals surface area contributed by atoms with Crippen LogP contribution in [0, 0.1) is 13.8 Å². The molecular weight excluding hydrogens is 414 g/mol. The number of carbonyl (C=O) groups excluding carboxylic acids is 3. The molecule has 164 valence electrons. The first-order valence-electron chi connectivity index (χ1n) is 10.1. The Balaban J connectivity index is 1.40. The largest absolute Gasteiger partial charge is 0.360 e. The summed E-state index contributed by atoms with van der Waals surface area (Å²) in [5.74, 6) is -1.32. The van der Waals surface area contributed by atoms with Gasteiger partial charge in [-0.2, -0.15) is 4.31 Å². The Kier molecular flexibility index (Phi) is 5.41. The average molecular weight is 439 g/mol. The number of amides is 4. The first-order valence-corrected chi connectivity index (χ1v) is 11.5. The minimum atomic E-state index is -3.74. The van der Waals surface area contributed by atoms with Crippen molar-refractivity contribution in [3.8, 4) is 0 Å². The molecule has 1 saturated carbocycles. The van der Waals surface area contributed by atoms with Crippen LogP contribution in [0.3, 0.4) is 0 Å². The third kappa shape index (κ3) is 3.42. The Morgan fingerprint density at radius 1 is 1.00 bits per heavy atom. The van der Waals surface area contributed by atoms with Gasteiger partial charge in [-0.15, -0.1) is 0 Å². The highest BCUT2D eigenvalue weighted by Gasteiger charge is 2.48. The molecule has 1 aromatic rings. The van der Waals surface area contributed by atoms with Gasteiger partial charge in [-0.3, -0.25) is 19.4 Å². The lowest BCUT2D eigenvalue weighted by Gasteiger charge is -2.35. The topological polar surface area (TPSA) is 124 Å². The van der Waals surface area contributed by atoms with Crippen LogP contribution in [-0.4, -0.2) is 89.3 Å². The van der Waals surface area contributed by atoms with Crippen molar-refractivity contribution < 1.29 is 27.3 Å². The molecule has 0 aromatic carbocycles. The van der Waals surface area contributed by atoms with E-state index in [0.29, 0.717) is 18.8 Å². The molecule has 4 amide bonds. The van der Waals surface area contributed by atoms with Crippen molar-refractivity contribution in [3.63, 3.8) is 0 Å². The maximum atomic E-state index is 12.9. The summed E-state index contributed by atoms with van der Waals surface area (Å²) < 4.78 is 32.2. The predicted molar refractivity (Wildman–Crippen MR) is 103 cm³/mol. The van der Waals surface area contributed by atoms with Crippen LogP contribution in [0.5, 0.6) is 0 Å². The minimum absolute atomic E-state index is 0.0220. The molecule has 0 atom stereocenters. The summed E-state index contributed by atoms with van der Waals surface area (Å²) >= 11 is 0. The fourth-order valence-electron chi connectivity index (χ4n) is 4.41. The number of aromatic nitrogens is 1. The van der Waals surface area contributed by atoms with Crippen LogP contribution < -0.4 is 0 Å². The molecule has 0 unspecified atom stereocenters. The third-order valence-electron chi connectivity index (χ3n) is 6.01. The summed E-state index contributed by atoms with van der Waals surface area (Å²) in [6, 6.07) is -0.765. The summed E-state index contributed by atoms with van der Waals surface area (Å²) in [4.78, 5) is 41.4. The first-order chi connectivity index (χ1) is 14.2. The minimum Gasteiger partial charge on any atom is -0.360 e. The lowest BCUT2D eigenvalue weighted by atomic mass is 10.2. The Morgan fingerprint density at radius 3 is 2.20 bits per heavy atom. The number of imide groups is 2. The number of urea groups is 1. The van der Waals surface area contributed by atoms with E-state index in [-0.39, 0.29) is 36.5 Å². The number of carbonyl (C=O) groups is 3. The van der Waals surface area contributed by atoms with Crippen molar-refractivity contribution in [1.29, 1.82) is 0 Å². The molecule has 2 saturated heterocycles. The molecule has 0 N–H and O–H groups in total. The number of nitrogens with zero attached hydrogens (tertiary/aromatic N) is 5. The van der Waals surface area contributed by atoms with Crippen molar-refractivity contribution in [2.75, 3.05) is 32.8 Å². The van der Waals surface area contributed by atoms with E-state index < -0.39 is 27.9 Å². The lowest BCUT2D eigenvalue weighted by Crippen LogP contribution is -2.52. The quantitative estimate of drug-likeness (QED) is 0.474. The van der Waals surface area contributed by atoms with Gasteiger partial charge in [0.15, 0.2) is 5.76 Å². The maximum Gasteiger partial charge on any atom is 0.335 e. The van der Waals surface area contributed by atoms with Gasteiger partial charge in [-0.25, -0.2) is 18.1 Å². The number of sulfonamides is 1. The van der Waals surface area contributed by atoms with Crippen LogP contribution in [0.4, 0.5) is 4.79 Å². The van der Waals surface area contributed by atoms with E-state index in [2.05, 4.69) is 5.16 Å². The van der Waals surface area contributed by atoms with Crippen LogP contribution in [0.1, 0.15) is 37.1 Å². The summed E-state index contributed by atoms with van der Waals surface area (Å²) in [5.41, 5.74) is 0.314. The molecule has 0 bridgehead atoms. The average Bonchev–Trinajstić information content (AvgIpc) is 3.39. The molecule has 2 aliphatic heterocycles. The van der Waals surface area contributed by atoms with Gasteiger partial charge in [0, 0.05) is 32.2 Å². The van der Waals surface area contributed by atoms with Gasteiger partial charge < -0.3 is 4.52 Å². The SMILES string of the molecule is Cc1noc(C)c1S(=O)(=O)N1CCN(CN2C(=O)C(=O)N(C3CCCC3)C2=O)CC1. The summed E-state index contributed by atoms with van der Waals surface area (Å²) in [5, 5.41) is 3.71. The Morgan fingerprint density at radius 2 is 1.63 bits per heavy atom. The van der Waals surface area contributed by atoms with Crippen LogP contribution >= 0.6 is 0 Å². The van der Waals surface area contributed by atoms with Gasteiger partial charge in [0.25, 0.3) is 0 Å².